The maximum atomic E-state index is 10.3. The van der Waals surface area contributed by atoms with Gasteiger partial charge in [0.05, 0.1) is 6.16 Å². The molecule has 0 aromatic heterocycles. The Morgan fingerprint density at radius 2 is 2.09 bits per heavy atom. The molecule has 11 heavy (non-hydrogen) atoms. The zero-order valence-electron chi connectivity index (χ0n) is 6.31. The molecule has 0 radical (unpaired) electrons. The van der Waals surface area contributed by atoms with E-state index in [1.54, 1.807) is 12.2 Å². The average molecular weight is 176 g/mol. The smallest absolute Gasteiger partial charge is 0.324 e. The second-order valence-corrected chi connectivity index (χ2v) is 3.97. The fourth-order valence-electron chi connectivity index (χ4n) is 0.608. The average Bonchev–Trinajstić information content (AvgIpc) is 1.85. The molecular formula is C7H13O3P. The van der Waals surface area contributed by atoms with Gasteiger partial charge >= 0.3 is 7.60 Å². The van der Waals surface area contributed by atoms with E-state index in [0.29, 0.717) is 12.8 Å². The predicted molar refractivity (Wildman–Crippen MR) is 45.5 cm³/mol. The quantitative estimate of drug-likeness (QED) is 0.380. The second kappa shape index (κ2) is 5.30. The second-order valence-electron chi connectivity index (χ2n) is 2.19. The molecule has 0 aliphatic heterocycles. The monoisotopic (exact) mass is 176 g/mol. The van der Waals surface area contributed by atoms with Crippen molar-refractivity contribution in [2.75, 3.05) is 6.16 Å². The van der Waals surface area contributed by atoms with Crippen LogP contribution in [0.3, 0.4) is 0 Å². The summed E-state index contributed by atoms with van der Waals surface area (Å²) in [5.74, 6) is 0. The maximum Gasteiger partial charge on any atom is 0.325 e. The fraction of sp³-hybridized carbons (Fsp3) is 0.429. The number of hydrogen-bond acceptors (Lipinski definition) is 1. The van der Waals surface area contributed by atoms with Crippen LogP contribution < -0.4 is 0 Å². The number of unbranched alkanes of at least 4 members (excludes halogenated alkanes) is 1. The van der Waals surface area contributed by atoms with Crippen molar-refractivity contribution in [1.82, 2.24) is 0 Å². The number of hydrogen-bond donors (Lipinski definition) is 2. The molecule has 4 heteroatoms. The van der Waals surface area contributed by atoms with Gasteiger partial charge in [0.2, 0.25) is 0 Å². The van der Waals surface area contributed by atoms with Crippen LogP contribution >= 0.6 is 7.60 Å². The fourth-order valence-corrected chi connectivity index (χ4v) is 1.20. The number of rotatable bonds is 5. The zero-order valence-corrected chi connectivity index (χ0v) is 7.20. The molecule has 0 bridgehead atoms. The van der Waals surface area contributed by atoms with Crippen LogP contribution in [0.1, 0.15) is 12.8 Å². The molecule has 0 aliphatic rings. The third-order valence-electron chi connectivity index (χ3n) is 1.09. The lowest BCUT2D eigenvalue weighted by Crippen LogP contribution is -1.85. The van der Waals surface area contributed by atoms with Crippen LogP contribution in [0.4, 0.5) is 0 Å². The number of allylic oxidation sites excluding steroid dienone is 3. The van der Waals surface area contributed by atoms with Gasteiger partial charge in [-0.25, -0.2) is 0 Å². The van der Waals surface area contributed by atoms with E-state index in [9.17, 15) is 4.57 Å². The summed E-state index contributed by atoms with van der Waals surface area (Å²) in [6.45, 7) is 3.47. The van der Waals surface area contributed by atoms with E-state index < -0.39 is 7.60 Å². The van der Waals surface area contributed by atoms with Gasteiger partial charge < -0.3 is 9.79 Å². The van der Waals surface area contributed by atoms with Crippen molar-refractivity contribution in [1.29, 1.82) is 0 Å². The van der Waals surface area contributed by atoms with Gasteiger partial charge in [-0.15, -0.1) is 0 Å². The first kappa shape index (κ1) is 10.6. The van der Waals surface area contributed by atoms with Crippen LogP contribution in [0, 0.1) is 0 Å². The molecule has 0 rings (SSSR count). The largest absolute Gasteiger partial charge is 0.325 e. The Balaban J connectivity index is 3.36. The van der Waals surface area contributed by atoms with E-state index in [4.69, 9.17) is 9.79 Å². The van der Waals surface area contributed by atoms with Crippen LogP contribution in [0.15, 0.2) is 24.8 Å². The van der Waals surface area contributed by atoms with E-state index in [-0.39, 0.29) is 6.16 Å². The normalized spacial score (nSPS) is 12.2. The Bertz CT molecular complexity index is 180. The van der Waals surface area contributed by atoms with E-state index >= 15 is 0 Å². The maximum absolute atomic E-state index is 10.3. The molecule has 0 atom stereocenters. The van der Waals surface area contributed by atoms with Gasteiger partial charge in [0, 0.05) is 0 Å². The highest BCUT2D eigenvalue weighted by Crippen LogP contribution is 2.35. The lowest BCUT2D eigenvalue weighted by molar-refractivity contribution is 0.372. The Labute approximate surface area is 66.6 Å². The first-order valence-corrected chi connectivity index (χ1v) is 5.18. The Morgan fingerprint density at radius 3 is 2.55 bits per heavy atom. The van der Waals surface area contributed by atoms with Crippen LogP contribution in [-0.4, -0.2) is 15.9 Å². The molecule has 0 aliphatic carbocycles. The van der Waals surface area contributed by atoms with Crippen LogP contribution in [0.2, 0.25) is 0 Å². The highest BCUT2D eigenvalue weighted by Gasteiger charge is 2.10. The standard InChI is InChI=1S/C7H13O3P/c1-2-3-4-5-6-7-11(8,9)10/h2-4H,1,5-7H2,(H2,8,9,10)/b4-3+. The Morgan fingerprint density at radius 1 is 1.45 bits per heavy atom. The lowest BCUT2D eigenvalue weighted by atomic mass is 10.3. The van der Waals surface area contributed by atoms with Crippen LogP contribution in [0.5, 0.6) is 0 Å². The molecule has 3 nitrogen and oxygen atoms in total. The van der Waals surface area contributed by atoms with Gasteiger partial charge in [-0.05, 0) is 12.8 Å². The van der Waals surface area contributed by atoms with Gasteiger partial charge in [0.25, 0.3) is 0 Å². The van der Waals surface area contributed by atoms with Gasteiger partial charge in [-0.1, -0.05) is 24.8 Å². The van der Waals surface area contributed by atoms with Crippen molar-refractivity contribution in [3.05, 3.63) is 24.8 Å². The van der Waals surface area contributed by atoms with Crippen molar-refractivity contribution in [2.45, 2.75) is 12.8 Å². The van der Waals surface area contributed by atoms with E-state index in [2.05, 4.69) is 6.58 Å². The molecule has 0 amide bonds. The molecule has 2 N–H and O–H groups in total. The summed E-state index contributed by atoms with van der Waals surface area (Å²) in [5.41, 5.74) is 0. The minimum Gasteiger partial charge on any atom is -0.324 e. The molecule has 0 unspecified atom stereocenters. The molecule has 0 aromatic carbocycles. The first-order chi connectivity index (χ1) is 5.06. The van der Waals surface area contributed by atoms with Gasteiger partial charge in [-0.3, -0.25) is 4.57 Å². The van der Waals surface area contributed by atoms with Crippen LogP contribution in [-0.2, 0) is 4.57 Å². The van der Waals surface area contributed by atoms with Crippen molar-refractivity contribution in [3.8, 4) is 0 Å². The topological polar surface area (TPSA) is 57.5 Å². The SMILES string of the molecule is C=C/C=C/CCCP(=O)(O)O. The van der Waals surface area contributed by atoms with E-state index in [1.165, 1.54) is 0 Å². The summed E-state index contributed by atoms with van der Waals surface area (Å²) < 4.78 is 10.3. The molecular weight excluding hydrogens is 163 g/mol. The van der Waals surface area contributed by atoms with Crippen LogP contribution in [0.25, 0.3) is 0 Å². The zero-order chi connectivity index (χ0) is 8.74. The van der Waals surface area contributed by atoms with Crippen molar-refractivity contribution >= 4 is 7.60 Å². The summed E-state index contributed by atoms with van der Waals surface area (Å²) in [6.07, 6.45) is 6.42. The third-order valence-corrected chi connectivity index (χ3v) is 1.99. The predicted octanol–water partition coefficient (Wildman–Crippen LogP) is 1.69. The van der Waals surface area contributed by atoms with E-state index in [1.807, 2.05) is 6.08 Å². The molecule has 0 aromatic rings. The van der Waals surface area contributed by atoms with Gasteiger partial charge in [-0.2, -0.15) is 0 Å². The van der Waals surface area contributed by atoms with Gasteiger partial charge in [0.1, 0.15) is 0 Å². The van der Waals surface area contributed by atoms with Crippen molar-refractivity contribution in [2.24, 2.45) is 0 Å². The summed E-state index contributed by atoms with van der Waals surface area (Å²) >= 11 is 0. The Kier molecular flexibility index (Phi) is 5.12. The first-order valence-electron chi connectivity index (χ1n) is 3.38. The molecule has 0 saturated carbocycles. The summed E-state index contributed by atoms with van der Waals surface area (Å²) in [6, 6.07) is 0. The molecule has 0 fully saturated rings. The van der Waals surface area contributed by atoms with Crippen molar-refractivity contribution < 1.29 is 14.4 Å². The summed E-state index contributed by atoms with van der Waals surface area (Å²) in [5, 5.41) is 0. The van der Waals surface area contributed by atoms with Gasteiger partial charge in [0.15, 0.2) is 0 Å². The van der Waals surface area contributed by atoms with Crippen molar-refractivity contribution in [3.63, 3.8) is 0 Å². The third kappa shape index (κ3) is 9.63. The molecule has 0 heterocycles. The minimum absolute atomic E-state index is 0.0333. The summed E-state index contributed by atoms with van der Waals surface area (Å²) in [4.78, 5) is 16.9. The molecule has 64 valence electrons. The minimum atomic E-state index is -3.77. The highest BCUT2D eigenvalue weighted by atomic mass is 31.2. The Hall–Kier alpha value is -0.370. The summed E-state index contributed by atoms with van der Waals surface area (Å²) in [7, 11) is -3.77. The molecule has 0 spiro atoms. The van der Waals surface area contributed by atoms with E-state index in [0.717, 1.165) is 0 Å². The highest BCUT2D eigenvalue weighted by molar-refractivity contribution is 7.51. The molecule has 0 saturated heterocycles. The lowest BCUT2D eigenvalue weighted by Gasteiger charge is -1.99.